The zero-order chi connectivity index (χ0) is 15.3. The molecule has 0 spiro atoms. The van der Waals surface area contributed by atoms with Crippen molar-refractivity contribution < 1.29 is 14.7 Å². The zero-order valence-electron chi connectivity index (χ0n) is 12.0. The van der Waals surface area contributed by atoms with Crippen molar-refractivity contribution in [2.24, 2.45) is 5.41 Å². The van der Waals surface area contributed by atoms with E-state index in [1.165, 1.54) is 4.90 Å². The summed E-state index contributed by atoms with van der Waals surface area (Å²) in [4.78, 5) is 24.5. The molecular formula is C15H20ClNO3. The molecular weight excluding hydrogens is 278 g/mol. The molecule has 0 aliphatic rings. The topological polar surface area (TPSA) is 57.6 Å². The normalized spacial score (nSPS) is 11.2. The first kappa shape index (κ1) is 16.5. The summed E-state index contributed by atoms with van der Waals surface area (Å²) in [7, 11) is 0. The largest absolute Gasteiger partial charge is 0.480 e. The highest BCUT2D eigenvalue weighted by Crippen LogP contribution is 2.21. The number of carboxylic acid groups (broad SMARTS) is 1. The lowest BCUT2D eigenvalue weighted by Crippen LogP contribution is -2.37. The lowest BCUT2D eigenvalue weighted by Gasteiger charge is -2.25. The maximum Gasteiger partial charge on any atom is 0.323 e. The van der Waals surface area contributed by atoms with E-state index in [-0.39, 0.29) is 24.4 Å². The summed E-state index contributed by atoms with van der Waals surface area (Å²) in [5.74, 6) is -1.17. The van der Waals surface area contributed by atoms with Crippen molar-refractivity contribution in [2.75, 3.05) is 6.54 Å². The Morgan fingerprint density at radius 2 is 1.75 bits per heavy atom. The Bertz CT molecular complexity index is 477. The van der Waals surface area contributed by atoms with Gasteiger partial charge in [-0.25, -0.2) is 0 Å². The van der Waals surface area contributed by atoms with Crippen molar-refractivity contribution in [3.05, 3.63) is 34.9 Å². The van der Waals surface area contributed by atoms with E-state index < -0.39 is 5.97 Å². The fourth-order valence-electron chi connectivity index (χ4n) is 1.77. The number of hydrogen-bond acceptors (Lipinski definition) is 2. The summed E-state index contributed by atoms with van der Waals surface area (Å²) < 4.78 is 0. The van der Waals surface area contributed by atoms with Gasteiger partial charge in [0, 0.05) is 18.0 Å². The minimum atomic E-state index is -1.01. The highest BCUT2D eigenvalue weighted by molar-refractivity contribution is 6.30. The average Bonchev–Trinajstić information content (AvgIpc) is 2.28. The highest BCUT2D eigenvalue weighted by Gasteiger charge is 2.22. The lowest BCUT2D eigenvalue weighted by atomic mass is 9.91. The van der Waals surface area contributed by atoms with Crippen LogP contribution < -0.4 is 0 Å². The number of nitrogens with zero attached hydrogens (tertiary/aromatic N) is 1. The molecule has 1 N–H and O–H groups in total. The second-order valence-corrected chi connectivity index (χ2v) is 6.44. The zero-order valence-corrected chi connectivity index (χ0v) is 12.8. The Morgan fingerprint density at radius 1 is 1.20 bits per heavy atom. The molecule has 0 unspecified atom stereocenters. The van der Waals surface area contributed by atoms with E-state index in [4.69, 9.17) is 16.7 Å². The van der Waals surface area contributed by atoms with Gasteiger partial charge < -0.3 is 10.0 Å². The molecule has 0 atom stereocenters. The first-order chi connectivity index (χ1) is 9.17. The Balaban J connectivity index is 2.81. The van der Waals surface area contributed by atoms with Crippen LogP contribution in [0.2, 0.25) is 5.02 Å². The van der Waals surface area contributed by atoms with E-state index in [2.05, 4.69) is 0 Å². The van der Waals surface area contributed by atoms with Gasteiger partial charge in [0.1, 0.15) is 6.54 Å². The Labute approximate surface area is 124 Å². The van der Waals surface area contributed by atoms with Gasteiger partial charge >= 0.3 is 5.97 Å². The van der Waals surface area contributed by atoms with Gasteiger partial charge in [0.25, 0.3) is 0 Å². The third-order valence-electron chi connectivity index (χ3n) is 2.65. The molecule has 0 aliphatic heterocycles. The van der Waals surface area contributed by atoms with Crippen molar-refractivity contribution in [3.8, 4) is 0 Å². The van der Waals surface area contributed by atoms with Crippen LogP contribution in [0.1, 0.15) is 32.8 Å². The number of aliphatic carboxylic acids is 1. The molecule has 20 heavy (non-hydrogen) atoms. The molecule has 1 aromatic carbocycles. The van der Waals surface area contributed by atoms with Crippen LogP contribution in [-0.4, -0.2) is 28.4 Å². The fourth-order valence-corrected chi connectivity index (χ4v) is 1.90. The van der Waals surface area contributed by atoms with Crippen LogP contribution in [0.25, 0.3) is 0 Å². The average molecular weight is 298 g/mol. The van der Waals surface area contributed by atoms with E-state index in [0.717, 1.165) is 5.56 Å². The van der Waals surface area contributed by atoms with E-state index >= 15 is 0 Å². The summed E-state index contributed by atoms with van der Waals surface area (Å²) in [6.07, 6.45) is 0.313. The molecule has 1 amide bonds. The van der Waals surface area contributed by atoms with E-state index in [1.807, 2.05) is 20.8 Å². The molecule has 1 aromatic rings. The van der Waals surface area contributed by atoms with Gasteiger partial charge in [-0.05, 0) is 23.1 Å². The van der Waals surface area contributed by atoms with Crippen molar-refractivity contribution in [1.82, 2.24) is 4.90 Å². The maximum atomic E-state index is 12.2. The van der Waals surface area contributed by atoms with E-state index in [9.17, 15) is 9.59 Å². The number of amides is 1. The fraction of sp³-hybridized carbons (Fsp3) is 0.467. The number of rotatable bonds is 5. The summed E-state index contributed by atoms with van der Waals surface area (Å²) >= 11 is 5.81. The van der Waals surface area contributed by atoms with E-state index in [0.29, 0.717) is 11.4 Å². The molecule has 0 bridgehead atoms. The molecule has 0 heterocycles. The third kappa shape index (κ3) is 6.06. The summed E-state index contributed by atoms with van der Waals surface area (Å²) in [5.41, 5.74) is 0.686. The molecule has 0 aliphatic carbocycles. The van der Waals surface area contributed by atoms with E-state index in [1.54, 1.807) is 24.3 Å². The van der Waals surface area contributed by atoms with Crippen molar-refractivity contribution in [1.29, 1.82) is 0 Å². The second-order valence-electron chi connectivity index (χ2n) is 6.01. The third-order valence-corrected chi connectivity index (χ3v) is 2.90. The Kier molecular flexibility index (Phi) is 5.57. The number of carbonyl (C=O) groups is 2. The second kappa shape index (κ2) is 6.75. The Hall–Kier alpha value is -1.55. The molecule has 5 heteroatoms. The first-order valence-corrected chi connectivity index (χ1v) is 6.79. The van der Waals surface area contributed by atoms with Gasteiger partial charge in [0.2, 0.25) is 5.91 Å². The molecule has 4 nitrogen and oxygen atoms in total. The van der Waals surface area contributed by atoms with Crippen molar-refractivity contribution in [2.45, 2.75) is 33.7 Å². The molecule has 0 aromatic heterocycles. The Morgan fingerprint density at radius 3 is 2.20 bits per heavy atom. The predicted octanol–water partition coefficient (Wildman–Crippen LogP) is 3.19. The minimum Gasteiger partial charge on any atom is -0.480 e. The first-order valence-electron chi connectivity index (χ1n) is 6.41. The molecule has 0 radical (unpaired) electrons. The number of carboxylic acids is 1. The number of halogens is 1. The van der Waals surface area contributed by atoms with Crippen LogP contribution in [0.3, 0.4) is 0 Å². The van der Waals surface area contributed by atoms with Gasteiger partial charge in [0.05, 0.1) is 0 Å². The molecule has 0 saturated carbocycles. The van der Waals surface area contributed by atoms with Crippen molar-refractivity contribution in [3.63, 3.8) is 0 Å². The van der Waals surface area contributed by atoms with Gasteiger partial charge in [0.15, 0.2) is 0 Å². The van der Waals surface area contributed by atoms with Crippen LogP contribution in [0.4, 0.5) is 0 Å². The van der Waals surface area contributed by atoms with Crippen LogP contribution in [-0.2, 0) is 16.1 Å². The lowest BCUT2D eigenvalue weighted by molar-refractivity contribution is -0.145. The smallest absolute Gasteiger partial charge is 0.323 e. The quantitative estimate of drug-likeness (QED) is 0.908. The molecule has 0 saturated heterocycles. The van der Waals surface area contributed by atoms with Gasteiger partial charge in [-0.3, -0.25) is 9.59 Å². The van der Waals surface area contributed by atoms with Crippen LogP contribution >= 0.6 is 11.6 Å². The SMILES string of the molecule is CC(C)(C)CC(=O)N(CC(=O)O)Cc1ccc(Cl)cc1. The predicted molar refractivity (Wildman–Crippen MR) is 78.6 cm³/mol. The molecule has 0 fully saturated rings. The highest BCUT2D eigenvalue weighted by atomic mass is 35.5. The standard InChI is InChI=1S/C15H20ClNO3/c1-15(2,3)8-13(18)17(10-14(19)20)9-11-4-6-12(16)7-5-11/h4-7H,8-10H2,1-3H3,(H,19,20). The van der Waals surface area contributed by atoms with Crippen LogP contribution in [0, 0.1) is 5.41 Å². The van der Waals surface area contributed by atoms with Crippen molar-refractivity contribution >= 4 is 23.5 Å². The summed E-state index contributed by atoms with van der Waals surface area (Å²) in [6.45, 7) is 5.83. The monoisotopic (exact) mass is 297 g/mol. The maximum absolute atomic E-state index is 12.2. The van der Waals surface area contributed by atoms with Gasteiger partial charge in [-0.2, -0.15) is 0 Å². The summed E-state index contributed by atoms with van der Waals surface area (Å²) in [6, 6.07) is 7.04. The van der Waals surface area contributed by atoms with Gasteiger partial charge in [-0.15, -0.1) is 0 Å². The van der Waals surface area contributed by atoms with Crippen LogP contribution in [0.5, 0.6) is 0 Å². The minimum absolute atomic E-state index is 0.158. The molecule has 1 rings (SSSR count). The molecule has 110 valence electrons. The number of hydrogen-bond donors (Lipinski definition) is 1. The number of benzene rings is 1. The van der Waals surface area contributed by atoms with Gasteiger partial charge in [-0.1, -0.05) is 44.5 Å². The van der Waals surface area contributed by atoms with Crippen LogP contribution in [0.15, 0.2) is 24.3 Å². The number of carbonyl (C=O) groups excluding carboxylic acids is 1. The summed E-state index contributed by atoms with van der Waals surface area (Å²) in [5, 5.41) is 9.55.